The molecule has 1 aromatic carbocycles. The molecule has 0 fully saturated rings. The lowest BCUT2D eigenvalue weighted by Crippen LogP contribution is -2.21. The summed E-state index contributed by atoms with van der Waals surface area (Å²) in [5, 5.41) is 3.23. The van der Waals surface area contributed by atoms with E-state index in [9.17, 15) is 0 Å². The molecule has 1 N–H and O–H groups in total. The van der Waals surface area contributed by atoms with Crippen LogP contribution in [0.25, 0.3) is 0 Å². The normalized spacial score (nSPS) is 12.8. The van der Waals surface area contributed by atoms with Gasteiger partial charge in [-0.05, 0) is 50.4 Å². The van der Waals surface area contributed by atoms with Gasteiger partial charge in [0.25, 0.3) is 0 Å². The van der Waals surface area contributed by atoms with Crippen LogP contribution in [0.15, 0.2) is 24.3 Å². The van der Waals surface area contributed by atoms with Crippen LogP contribution in [0.2, 0.25) is 0 Å². The van der Waals surface area contributed by atoms with E-state index in [1.807, 2.05) is 7.05 Å². The first-order chi connectivity index (χ1) is 8.13. The third-order valence-corrected chi connectivity index (χ3v) is 3.09. The molecule has 0 saturated carbocycles. The smallest absolute Gasteiger partial charge is 0.119 e. The van der Waals surface area contributed by atoms with Crippen molar-refractivity contribution >= 4 is 0 Å². The van der Waals surface area contributed by atoms with Gasteiger partial charge in [0.2, 0.25) is 0 Å². The second kappa shape index (κ2) is 7.33. The van der Waals surface area contributed by atoms with E-state index < -0.39 is 0 Å². The molecule has 1 rings (SSSR count). The molecule has 0 amide bonds. The van der Waals surface area contributed by atoms with Gasteiger partial charge in [-0.3, -0.25) is 0 Å². The fraction of sp³-hybridized carbons (Fsp3) is 0.600. The van der Waals surface area contributed by atoms with E-state index >= 15 is 0 Å². The Bertz CT molecular complexity index is 305. The van der Waals surface area contributed by atoms with Crippen molar-refractivity contribution in [1.29, 1.82) is 0 Å². The van der Waals surface area contributed by atoms with Crippen LogP contribution in [0, 0.1) is 0 Å². The first-order valence-electron chi connectivity index (χ1n) is 6.53. The van der Waals surface area contributed by atoms with E-state index in [1.54, 1.807) is 0 Å². The average Bonchev–Trinajstić information content (AvgIpc) is 2.34. The van der Waals surface area contributed by atoms with Crippen molar-refractivity contribution in [3.63, 3.8) is 0 Å². The predicted molar refractivity (Wildman–Crippen MR) is 73.8 cm³/mol. The van der Waals surface area contributed by atoms with E-state index in [1.165, 1.54) is 5.56 Å². The molecule has 0 heterocycles. The van der Waals surface area contributed by atoms with Crippen LogP contribution in [-0.4, -0.2) is 19.7 Å². The Morgan fingerprint density at radius 3 is 2.29 bits per heavy atom. The quantitative estimate of drug-likeness (QED) is 0.729. The highest BCUT2D eigenvalue weighted by Gasteiger charge is 2.00. The van der Waals surface area contributed by atoms with Crippen LogP contribution in [0.4, 0.5) is 0 Å². The molecule has 17 heavy (non-hydrogen) atoms. The van der Waals surface area contributed by atoms with Crippen molar-refractivity contribution in [3.05, 3.63) is 29.8 Å². The summed E-state index contributed by atoms with van der Waals surface area (Å²) in [5.74, 6) is 1.56. The minimum absolute atomic E-state index is 0.571. The minimum atomic E-state index is 0.571. The van der Waals surface area contributed by atoms with Crippen molar-refractivity contribution in [2.45, 2.75) is 45.6 Å². The first-order valence-corrected chi connectivity index (χ1v) is 6.53. The molecule has 0 aliphatic rings. The van der Waals surface area contributed by atoms with Crippen molar-refractivity contribution < 1.29 is 4.74 Å². The summed E-state index contributed by atoms with van der Waals surface area (Å²) < 4.78 is 5.71. The number of hydrogen-bond acceptors (Lipinski definition) is 2. The summed E-state index contributed by atoms with van der Waals surface area (Å²) >= 11 is 0. The molecule has 0 aliphatic carbocycles. The van der Waals surface area contributed by atoms with E-state index in [0.29, 0.717) is 12.0 Å². The molecule has 0 radical (unpaired) electrons. The number of nitrogens with one attached hydrogen (secondary N) is 1. The summed E-state index contributed by atoms with van der Waals surface area (Å²) in [6, 6.07) is 9.00. The van der Waals surface area contributed by atoms with E-state index in [2.05, 4.69) is 50.4 Å². The minimum Gasteiger partial charge on any atom is -0.494 e. The summed E-state index contributed by atoms with van der Waals surface area (Å²) in [6.45, 7) is 7.40. The topological polar surface area (TPSA) is 21.3 Å². The van der Waals surface area contributed by atoms with E-state index in [4.69, 9.17) is 4.74 Å². The lowest BCUT2D eigenvalue weighted by molar-refractivity contribution is 0.299. The molecular weight excluding hydrogens is 210 g/mol. The van der Waals surface area contributed by atoms with Gasteiger partial charge < -0.3 is 10.1 Å². The standard InChI is InChI=1S/C15H25NO/c1-12(2)14-7-9-15(10-8-14)17-11-5-6-13(3)16-4/h7-10,12-13,16H,5-6,11H2,1-4H3. The second-order valence-corrected chi connectivity index (χ2v) is 4.90. The highest BCUT2D eigenvalue weighted by Crippen LogP contribution is 2.18. The molecule has 0 spiro atoms. The van der Waals surface area contributed by atoms with Crippen LogP contribution >= 0.6 is 0 Å². The maximum absolute atomic E-state index is 5.71. The van der Waals surface area contributed by atoms with Gasteiger partial charge in [0.1, 0.15) is 5.75 Å². The van der Waals surface area contributed by atoms with Crippen molar-refractivity contribution in [2.75, 3.05) is 13.7 Å². The van der Waals surface area contributed by atoms with Crippen LogP contribution in [0.3, 0.4) is 0 Å². The first kappa shape index (κ1) is 14.0. The van der Waals surface area contributed by atoms with Crippen LogP contribution in [-0.2, 0) is 0 Å². The van der Waals surface area contributed by atoms with Gasteiger partial charge in [-0.15, -0.1) is 0 Å². The molecule has 1 unspecified atom stereocenters. The molecule has 0 saturated heterocycles. The molecule has 2 nitrogen and oxygen atoms in total. The third kappa shape index (κ3) is 5.22. The molecule has 96 valence electrons. The molecular formula is C15H25NO. The van der Waals surface area contributed by atoms with Gasteiger partial charge in [0.05, 0.1) is 6.61 Å². The highest BCUT2D eigenvalue weighted by molar-refractivity contribution is 5.28. The Balaban J connectivity index is 2.28. The van der Waals surface area contributed by atoms with Gasteiger partial charge in [-0.1, -0.05) is 26.0 Å². The molecule has 0 bridgehead atoms. The van der Waals surface area contributed by atoms with Crippen molar-refractivity contribution in [2.24, 2.45) is 0 Å². The van der Waals surface area contributed by atoms with Crippen LogP contribution in [0.5, 0.6) is 5.75 Å². The summed E-state index contributed by atoms with van der Waals surface area (Å²) in [5.41, 5.74) is 1.36. The monoisotopic (exact) mass is 235 g/mol. The number of hydrogen-bond donors (Lipinski definition) is 1. The molecule has 0 aromatic heterocycles. The van der Waals surface area contributed by atoms with Gasteiger partial charge in [-0.2, -0.15) is 0 Å². The van der Waals surface area contributed by atoms with Crippen LogP contribution in [0.1, 0.15) is 45.1 Å². The van der Waals surface area contributed by atoms with Crippen molar-refractivity contribution in [1.82, 2.24) is 5.32 Å². The Labute approximate surface area is 105 Å². The van der Waals surface area contributed by atoms with Gasteiger partial charge in [-0.25, -0.2) is 0 Å². The largest absolute Gasteiger partial charge is 0.494 e. The number of benzene rings is 1. The zero-order valence-electron chi connectivity index (χ0n) is 11.5. The van der Waals surface area contributed by atoms with E-state index in [-0.39, 0.29) is 0 Å². The summed E-state index contributed by atoms with van der Waals surface area (Å²) in [6.07, 6.45) is 2.24. The van der Waals surface area contributed by atoms with Gasteiger partial charge in [0, 0.05) is 6.04 Å². The average molecular weight is 235 g/mol. The Morgan fingerprint density at radius 1 is 1.12 bits per heavy atom. The molecule has 0 aliphatic heterocycles. The fourth-order valence-electron chi connectivity index (χ4n) is 1.67. The molecule has 1 atom stereocenters. The zero-order chi connectivity index (χ0) is 12.7. The Hall–Kier alpha value is -1.02. The molecule has 2 heteroatoms. The zero-order valence-corrected chi connectivity index (χ0v) is 11.5. The summed E-state index contributed by atoms with van der Waals surface area (Å²) in [4.78, 5) is 0. The van der Waals surface area contributed by atoms with E-state index in [0.717, 1.165) is 25.2 Å². The van der Waals surface area contributed by atoms with Gasteiger partial charge >= 0.3 is 0 Å². The van der Waals surface area contributed by atoms with Crippen molar-refractivity contribution in [3.8, 4) is 5.75 Å². The number of ether oxygens (including phenoxy) is 1. The highest BCUT2D eigenvalue weighted by atomic mass is 16.5. The number of rotatable bonds is 7. The van der Waals surface area contributed by atoms with Gasteiger partial charge in [0.15, 0.2) is 0 Å². The predicted octanol–water partition coefficient (Wildman–Crippen LogP) is 3.58. The summed E-state index contributed by atoms with van der Waals surface area (Å²) in [7, 11) is 2.00. The maximum Gasteiger partial charge on any atom is 0.119 e. The van der Waals surface area contributed by atoms with Crippen LogP contribution < -0.4 is 10.1 Å². The second-order valence-electron chi connectivity index (χ2n) is 4.90. The SMILES string of the molecule is CNC(C)CCCOc1ccc(C(C)C)cc1. The lowest BCUT2D eigenvalue weighted by Gasteiger charge is -2.11. The Morgan fingerprint density at radius 2 is 1.76 bits per heavy atom. The lowest BCUT2D eigenvalue weighted by atomic mass is 10.0. The third-order valence-electron chi connectivity index (χ3n) is 3.09. The molecule has 1 aromatic rings. The Kier molecular flexibility index (Phi) is 6.06. The fourth-order valence-corrected chi connectivity index (χ4v) is 1.67. The maximum atomic E-state index is 5.71.